The molecule has 1 rings (SSSR count). The number of benzene rings is 1. The summed E-state index contributed by atoms with van der Waals surface area (Å²) < 4.78 is 0. The van der Waals surface area contributed by atoms with Crippen molar-refractivity contribution in [1.82, 2.24) is 0 Å². The second kappa shape index (κ2) is 6.16. The van der Waals surface area contributed by atoms with Crippen LogP contribution >= 0.6 is 0 Å². The van der Waals surface area contributed by atoms with Gasteiger partial charge in [-0.05, 0) is 19.4 Å². The van der Waals surface area contributed by atoms with Crippen molar-refractivity contribution >= 4 is 5.69 Å². The lowest BCUT2D eigenvalue weighted by Crippen LogP contribution is -3.10. The van der Waals surface area contributed by atoms with Gasteiger partial charge in [-0.2, -0.15) is 0 Å². The summed E-state index contributed by atoms with van der Waals surface area (Å²) in [5.74, 6) is -0.145. The van der Waals surface area contributed by atoms with Crippen LogP contribution in [0.3, 0.4) is 0 Å². The van der Waals surface area contributed by atoms with Gasteiger partial charge in [0.05, 0.1) is 18.0 Å². The third-order valence-corrected chi connectivity index (χ3v) is 2.75. The van der Waals surface area contributed by atoms with E-state index in [9.17, 15) is 15.2 Å². The number of hydrogen-bond donors (Lipinski definition) is 1. The Morgan fingerprint density at radius 3 is 2.67 bits per heavy atom. The fourth-order valence-corrected chi connectivity index (χ4v) is 1.83. The minimum absolute atomic E-state index is 0.0321. The Bertz CT molecular complexity index is 458. The van der Waals surface area contributed by atoms with E-state index in [0.717, 1.165) is 18.7 Å². The van der Waals surface area contributed by atoms with Gasteiger partial charge in [-0.15, -0.1) is 0 Å². The highest BCUT2D eigenvalue weighted by Gasteiger charge is 2.12. The second-order valence-electron chi connectivity index (χ2n) is 4.46. The van der Waals surface area contributed by atoms with Crippen molar-refractivity contribution in [3.05, 3.63) is 46.0 Å². The average molecular weight is 250 g/mol. The first-order valence-corrected chi connectivity index (χ1v) is 5.86. The van der Waals surface area contributed by atoms with Gasteiger partial charge in [-0.1, -0.05) is 18.4 Å². The lowest BCUT2D eigenvalue weighted by atomic mass is 10.1. The number of nitro benzene ring substituents is 1. The molecule has 5 nitrogen and oxygen atoms in total. The van der Waals surface area contributed by atoms with Crippen LogP contribution in [0.4, 0.5) is 5.69 Å². The van der Waals surface area contributed by atoms with Crippen molar-refractivity contribution in [2.75, 3.05) is 13.1 Å². The summed E-state index contributed by atoms with van der Waals surface area (Å²) in [7, 11) is 0. The molecule has 0 heterocycles. The van der Waals surface area contributed by atoms with Gasteiger partial charge in [0.25, 0.3) is 5.69 Å². The fourth-order valence-electron chi connectivity index (χ4n) is 1.83. The van der Waals surface area contributed by atoms with E-state index in [4.69, 9.17) is 0 Å². The smallest absolute Gasteiger partial charge is 0.269 e. The van der Waals surface area contributed by atoms with E-state index in [1.165, 1.54) is 23.1 Å². The van der Waals surface area contributed by atoms with Gasteiger partial charge >= 0.3 is 0 Å². The van der Waals surface area contributed by atoms with Crippen LogP contribution in [0, 0.1) is 10.1 Å². The highest BCUT2D eigenvalue weighted by Crippen LogP contribution is 2.19. The van der Waals surface area contributed by atoms with E-state index in [-0.39, 0.29) is 11.4 Å². The molecule has 0 bridgehead atoms. The monoisotopic (exact) mass is 250 g/mol. The molecule has 1 aromatic rings. The molecule has 98 valence electrons. The van der Waals surface area contributed by atoms with E-state index in [1.807, 2.05) is 13.8 Å². The predicted octanol–water partition coefficient (Wildman–Crippen LogP) is 0.649. The molecule has 1 N–H and O–H groups in total. The number of nitrogens with zero attached hydrogens (tertiary/aromatic N) is 1. The molecule has 0 saturated heterocycles. The number of nitrogens with one attached hydrogen (secondary N) is 1. The van der Waals surface area contributed by atoms with E-state index in [2.05, 4.69) is 6.58 Å². The molecule has 0 aromatic heterocycles. The maximum Gasteiger partial charge on any atom is 0.269 e. The van der Waals surface area contributed by atoms with Crippen LogP contribution in [0.2, 0.25) is 0 Å². The Kier molecular flexibility index (Phi) is 4.85. The van der Waals surface area contributed by atoms with Crippen LogP contribution in [0.1, 0.15) is 19.4 Å². The summed E-state index contributed by atoms with van der Waals surface area (Å²) in [6.07, 6.45) is 0. The minimum atomic E-state index is -0.479. The predicted molar refractivity (Wildman–Crippen MR) is 67.4 cm³/mol. The Hall–Kier alpha value is -1.88. The normalized spacial score (nSPS) is 12.1. The zero-order valence-corrected chi connectivity index (χ0v) is 10.7. The summed E-state index contributed by atoms with van der Waals surface area (Å²) in [5.41, 5.74) is 1.49. The van der Waals surface area contributed by atoms with Gasteiger partial charge in [-0.3, -0.25) is 10.1 Å². The molecule has 0 amide bonds. The van der Waals surface area contributed by atoms with Gasteiger partial charge < -0.3 is 10.0 Å². The van der Waals surface area contributed by atoms with Crippen LogP contribution in [0.5, 0.6) is 5.75 Å². The van der Waals surface area contributed by atoms with E-state index in [1.54, 1.807) is 0 Å². The SMILES string of the molecule is C=C(C)C[NH+](CC)Cc1cc([N+](=O)[O-])ccc1[O-]. The topological polar surface area (TPSA) is 70.6 Å². The van der Waals surface area contributed by atoms with Gasteiger partial charge in [0.15, 0.2) is 0 Å². The largest absolute Gasteiger partial charge is 0.872 e. The Labute approximate surface area is 107 Å². The van der Waals surface area contributed by atoms with Crippen molar-refractivity contribution in [2.24, 2.45) is 0 Å². The van der Waals surface area contributed by atoms with Crippen LogP contribution in [-0.2, 0) is 6.54 Å². The number of quaternary nitrogens is 1. The maximum absolute atomic E-state index is 11.7. The maximum atomic E-state index is 11.7. The quantitative estimate of drug-likeness (QED) is 0.458. The molecule has 1 unspecified atom stereocenters. The molecule has 0 aliphatic carbocycles. The molecular formula is C13H18N2O3. The molecule has 0 radical (unpaired) electrons. The summed E-state index contributed by atoms with van der Waals surface area (Å²) in [4.78, 5) is 11.4. The zero-order chi connectivity index (χ0) is 13.7. The first-order chi connectivity index (χ1) is 8.43. The summed E-state index contributed by atoms with van der Waals surface area (Å²) in [5, 5.41) is 22.4. The molecule has 0 aliphatic rings. The van der Waals surface area contributed by atoms with Crippen LogP contribution in [0.25, 0.3) is 0 Å². The highest BCUT2D eigenvalue weighted by molar-refractivity contribution is 5.41. The Morgan fingerprint density at radius 2 is 2.17 bits per heavy atom. The summed E-state index contributed by atoms with van der Waals surface area (Å²) >= 11 is 0. The molecule has 5 heteroatoms. The van der Waals surface area contributed by atoms with Crippen molar-refractivity contribution in [3.63, 3.8) is 0 Å². The molecule has 1 atom stereocenters. The van der Waals surface area contributed by atoms with Crippen LogP contribution in [0.15, 0.2) is 30.4 Å². The number of likely N-dealkylation sites (N-methyl/N-ethyl adjacent to an activating group) is 1. The van der Waals surface area contributed by atoms with Crippen LogP contribution in [-0.4, -0.2) is 18.0 Å². The second-order valence-corrected chi connectivity index (χ2v) is 4.46. The molecule has 0 aliphatic heterocycles. The van der Waals surface area contributed by atoms with Crippen molar-refractivity contribution < 1.29 is 14.9 Å². The first-order valence-electron chi connectivity index (χ1n) is 5.86. The minimum Gasteiger partial charge on any atom is -0.872 e. The summed E-state index contributed by atoms with van der Waals surface area (Å²) in [6, 6.07) is 3.88. The standard InChI is InChI=1S/C13H18N2O3/c1-4-14(8-10(2)3)9-11-7-12(15(17)18)5-6-13(11)16/h5-7,16H,2,4,8-9H2,1,3H3. The average Bonchev–Trinajstić information content (AvgIpc) is 2.29. The zero-order valence-electron chi connectivity index (χ0n) is 10.7. The van der Waals surface area contributed by atoms with Gasteiger partial charge in [0.2, 0.25) is 0 Å². The third-order valence-electron chi connectivity index (χ3n) is 2.75. The van der Waals surface area contributed by atoms with Gasteiger partial charge in [-0.25, -0.2) is 0 Å². The fraction of sp³-hybridized carbons (Fsp3) is 0.385. The van der Waals surface area contributed by atoms with Gasteiger partial charge in [0.1, 0.15) is 6.54 Å². The Balaban J connectivity index is 2.90. The number of non-ortho nitro benzene ring substituents is 1. The van der Waals surface area contributed by atoms with E-state index >= 15 is 0 Å². The molecule has 1 aromatic carbocycles. The van der Waals surface area contributed by atoms with E-state index < -0.39 is 4.92 Å². The highest BCUT2D eigenvalue weighted by atomic mass is 16.6. The van der Waals surface area contributed by atoms with Crippen molar-refractivity contribution in [2.45, 2.75) is 20.4 Å². The first kappa shape index (κ1) is 14.2. The Morgan fingerprint density at radius 1 is 1.50 bits per heavy atom. The molecule has 0 saturated carbocycles. The molecular weight excluding hydrogens is 232 g/mol. The van der Waals surface area contributed by atoms with Crippen molar-refractivity contribution in [1.29, 1.82) is 0 Å². The lowest BCUT2D eigenvalue weighted by molar-refractivity contribution is -0.907. The van der Waals surface area contributed by atoms with Gasteiger partial charge in [0, 0.05) is 17.7 Å². The van der Waals surface area contributed by atoms with Crippen molar-refractivity contribution in [3.8, 4) is 5.75 Å². The molecule has 18 heavy (non-hydrogen) atoms. The van der Waals surface area contributed by atoms with Crippen LogP contribution < -0.4 is 10.0 Å². The lowest BCUT2D eigenvalue weighted by Gasteiger charge is -2.20. The number of nitro groups is 1. The van der Waals surface area contributed by atoms with E-state index in [0.29, 0.717) is 12.1 Å². The summed E-state index contributed by atoms with van der Waals surface area (Å²) in [6.45, 7) is 9.89. The third kappa shape index (κ3) is 3.85. The number of hydrogen-bond acceptors (Lipinski definition) is 3. The molecule has 0 fully saturated rings. The number of rotatable bonds is 6. The molecule has 0 spiro atoms.